The molecule has 2 aromatic carbocycles. The zero-order chi connectivity index (χ0) is 23.6. The van der Waals surface area contributed by atoms with Gasteiger partial charge in [-0.15, -0.1) is 0 Å². The third kappa shape index (κ3) is 13.6. The molecule has 1 unspecified atom stereocenters. The van der Waals surface area contributed by atoms with Gasteiger partial charge < -0.3 is 9.47 Å². The van der Waals surface area contributed by atoms with Crippen molar-refractivity contribution in [3.8, 4) is 0 Å². The van der Waals surface area contributed by atoms with Crippen LogP contribution in [-0.4, -0.2) is 19.3 Å². The lowest BCUT2D eigenvalue weighted by Crippen LogP contribution is -2.19. The van der Waals surface area contributed by atoms with Crippen molar-refractivity contribution in [1.29, 1.82) is 0 Å². The van der Waals surface area contributed by atoms with Gasteiger partial charge in [0, 0.05) is 6.61 Å². The van der Waals surface area contributed by atoms with Gasteiger partial charge in [0.1, 0.15) is 0 Å². The van der Waals surface area contributed by atoms with Crippen molar-refractivity contribution in [2.75, 3.05) is 13.2 Å². The highest BCUT2D eigenvalue weighted by molar-refractivity contribution is 5.23. The lowest BCUT2D eigenvalue weighted by molar-refractivity contribution is -0.0268. The third-order valence-electron chi connectivity index (χ3n) is 6.33. The zero-order valence-corrected chi connectivity index (χ0v) is 21.6. The quantitative estimate of drug-likeness (QED) is 0.199. The highest BCUT2D eigenvalue weighted by Gasteiger charge is 2.07. The molecule has 2 rings (SSSR count). The summed E-state index contributed by atoms with van der Waals surface area (Å²) >= 11 is 0. The van der Waals surface area contributed by atoms with Gasteiger partial charge in [0.05, 0.1) is 19.3 Å². The summed E-state index contributed by atoms with van der Waals surface area (Å²) in [5.74, 6) is 0.848. The summed E-state index contributed by atoms with van der Waals surface area (Å²) < 4.78 is 11.9. The molecule has 0 spiro atoms. The summed E-state index contributed by atoms with van der Waals surface area (Å²) in [6, 6.07) is 19.6. The largest absolute Gasteiger partial charge is 0.379 e. The highest BCUT2D eigenvalue weighted by Crippen LogP contribution is 2.15. The van der Waals surface area contributed by atoms with Crippen LogP contribution in [0.15, 0.2) is 54.6 Å². The van der Waals surface area contributed by atoms with E-state index in [4.69, 9.17) is 9.47 Å². The summed E-state index contributed by atoms with van der Waals surface area (Å²) in [6.45, 7) is 9.01. The highest BCUT2D eigenvalue weighted by atomic mass is 16.5. The molecule has 0 N–H and O–H groups in total. The third-order valence-corrected chi connectivity index (χ3v) is 6.33. The fraction of sp³-hybridized carbons (Fsp3) is 0.613. The number of hydrogen-bond acceptors (Lipinski definition) is 2. The number of ether oxygens (including phenoxy) is 2. The Morgan fingerprint density at radius 1 is 0.697 bits per heavy atom. The van der Waals surface area contributed by atoms with Gasteiger partial charge in [0.25, 0.3) is 0 Å². The van der Waals surface area contributed by atoms with Crippen molar-refractivity contribution in [3.05, 3.63) is 71.3 Å². The van der Waals surface area contributed by atoms with Crippen LogP contribution in [0.3, 0.4) is 0 Å². The van der Waals surface area contributed by atoms with Gasteiger partial charge >= 0.3 is 0 Å². The van der Waals surface area contributed by atoms with Gasteiger partial charge in [0.2, 0.25) is 0 Å². The molecule has 2 aromatic rings. The molecule has 0 radical (unpaired) electrons. The average Bonchev–Trinajstić information content (AvgIpc) is 2.83. The van der Waals surface area contributed by atoms with Crippen molar-refractivity contribution in [1.82, 2.24) is 0 Å². The molecule has 184 valence electrons. The normalized spacial score (nSPS) is 12.4. The lowest BCUT2D eigenvalue weighted by atomic mass is 10.00. The Morgan fingerprint density at radius 2 is 1.33 bits per heavy atom. The first-order valence-electron chi connectivity index (χ1n) is 13.5. The molecule has 2 heteroatoms. The maximum absolute atomic E-state index is 6.01. The number of benzene rings is 2. The summed E-state index contributed by atoms with van der Waals surface area (Å²) in [5.41, 5.74) is 4.23. The van der Waals surface area contributed by atoms with Crippen molar-refractivity contribution >= 4 is 0 Å². The first kappa shape index (κ1) is 27.6. The van der Waals surface area contributed by atoms with E-state index in [9.17, 15) is 0 Å². The number of rotatable bonds is 19. The number of unbranched alkanes of at least 4 members (excludes halogenated alkanes) is 5. The molecule has 0 saturated heterocycles. The predicted octanol–water partition coefficient (Wildman–Crippen LogP) is 8.56. The van der Waals surface area contributed by atoms with Crippen LogP contribution in [-0.2, 0) is 28.9 Å². The lowest BCUT2D eigenvalue weighted by Gasteiger charge is -2.16. The van der Waals surface area contributed by atoms with E-state index in [1.165, 1.54) is 74.5 Å². The molecular weight excluding hydrogens is 404 g/mol. The summed E-state index contributed by atoms with van der Waals surface area (Å²) in [7, 11) is 0. The van der Waals surface area contributed by atoms with E-state index < -0.39 is 0 Å². The Balaban J connectivity index is 1.50. The summed E-state index contributed by atoms with van der Waals surface area (Å²) in [4.78, 5) is 0. The van der Waals surface area contributed by atoms with Crippen molar-refractivity contribution < 1.29 is 9.47 Å². The van der Waals surface area contributed by atoms with Crippen LogP contribution in [0.4, 0.5) is 0 Å². The van der Waals surface area contributed by atoms with Crippen LogP contribution in [0.1, 0.15) is 95.2 Å². The number of aryl methyl sites for hydroxylation is 2. The molecular formula is C31H48O2. The molecule has 0 fully saturated rings. The molecule has 0 aromatic heterocycles. The van der Waals surface area contributed by atoms with Gasteiger partial charge in [-0.3, -0.25) is 0 Å². The Bertz CT molecular complexity index is 710. The molecule has 0 aliphatic carbocycles. The average molecular weight is 453 g/mol. The van der Waals surface area contributed by atoms with Crippen LogP contribution in [0, 0.1) is 5.92 Å². The SMILES string of the molecule is CCC(COCCCCCc1cccc(CCCCCCC(C)C)c1)OCc1ccccc1. The molecule has 0 saturated carbocycles. The molecule has 1 atom stereocenters. The van der Waals surface area contributed by atoms with E-state index in [-0.39, 0.29) is 6.10 Å². The van der Waals surface area contributed by atoms with Gasteiger partial charge in [-0.2, -0.15) is 0 Å². The van der Waals surface area contributed by atoms with Crippen molar-refractivity contribution in [2.24, 2.45) is 5.92 Å². The minimum absolute atomic E-state index is 0.183. The molecule has 0 heterocycles. The topological polar surface area (TPSA) is 18.5 Å². The van der Waals surface area contributed by atoms with E-state index in [0.29, 0.717) is 13.2 Å². The van der Waals surface area contributed by atoms with Gasteiger partial charge in [-0.1, -0.05) is 107 Å². The zero-order valence-electron chi connectivity index (χ0n) is 21.6. The van der Waals surface area contributed by atoms with E-state index in [0.717, 1.165) is 25.4 Å². The van der Waals surface area contributed by atoms with Gasteiger partial charge in [-0.25, -0.2) is 0 Å². The molecule has 0 aliphatic rings. The van der Waals surface area contributed by atoms with E-state index >= 15 is 0 Å². The minimum atomic E-state index is 0.183. The fourth-order valence-corrected chi connectivity index (χ4v) is 4.17. The van der Waals surface area contributed by atoms with E-state index in [2.05, 4.69) is 69.3 Å². The van der Waals surface area contributed by atoms with Crippen molar-refractivity contribution in [3.63, 3.8) is 0 Å². The molecule has 0 aliphatic heterocycles. The summed E-state index contributed by atoms with van der Waals surface area (Å²) in [5, 5.41) is 0. The molecule has 0 bridgehead atoms. The van der Waals surface area contributed by atoms with E-state index in [1.807, 2.05) is 6.07 Å². The standard InChI is InChI=1S/C31H48O2/c1-4-31(33-25-30-19-11-7-12-20-30)26-32-23-14-8-13-18-29-22-15-21-28(24-29)17-10-6-5-9-16-27(2)3/h7,11-12,15,19-22,24,27,31H,4-6,8-10,13-14,16-18,23,25-26H2,1-3H3. The first-order chi connectivity index (χ1) is 16.2. The minimum Gasteiger partial charge on any atom is -0.379 e. The number of hydrogen-bond donors (Lipinski definition) is 0. The van der Waals surface area contributed by atoms with Crippen molar-refractivity contribution in [2.45, 2.75) is 104 Å². The smallest absolute Gasteiger partial charge is 0.0810 e. The van der Waals surface area contributed by atoms with Crippen LogP contribution < -0.4 is 0 Å². The Labute approximate surface area is 204 Å². The second kappa shape index (κ2) is 17.8. The van der Waals surface area contributed by atoms with Crippen LogP contribution in [0.25, 0.3) is 0 Å². The van der Waals surface area contributed by atoms with E-state index in [1.54, 1.807) is 0 Å². The Kier molecular flexibility index (Phi) is 14.9. The van der Waals surface area contributed by atoms with Crippen LogP contribution in [0.5, 0.6) is 0 Å². The maximum Gasteiger partial charge on any atom is 0.0810 e. The van der Waals surface area contributed by atoms with Gasteiger partial charge in [0.15, 0.2) is 0 Å². The molecule has 33 heavy (non-hydrogen) atoms. The predicted molar refractivity (Wildman–Crippen MR) is 142 cm³/mol. The summed E-state index contributed by atoms with van der Waals surface area (Å²) in [6.07, 6.45) is 14.0. The molecule has 0 amide bonds. The van der Waals surface area contributed by atoms with Crippen LogP contribution >= 0.6 is 0 Å². The molecule has 2 nitrogen and oxygen atoms in total. The van der Waals surface area contributed by atoms with Crippen LogP contribution in [0.2, 0.25) is 0 Å². The van der Waals surface area contributed by atoms with Gasteiger partial charge in [-0.05, 0) is 61.1 Å². The first-order valence-corrected chi connectivity index (χ1v) is 13.5. The second-order valence-corrected chi connectivity index (χ2v) is 9.88. The fourth-order valence-electron chi connectivity index (χ4n) is 4.17. The second-order valence-electron chi connectivity index (χ2n) is 9.88. The Morgan fingerprint density at radius 3 is 2.00 bits per heavy atom. The Hall–Kier alpha value is -1.64. The monoisotopic (exact) mass is 452 g/mol. The maximum atomic E-state index is 6.01.